The first kappa shape index (κ1) is 11.7. The van der Waals surface area contributed by atoms with Gasteiger partial charge in [0.25, 0.3) is 0 Å². The Hall–Kier alpha value is -0.350. The Kier molecular flexibility index (Phi) is 2.63. The average Bonchev–Trinajstić information content (AvgIpc) is 2.85. The van der Waals surface area contributed by atoms with Crippen molar-refractivity contribution in [2.45, 2.75) is 32.6 Å². The third-order valence-electron chi connectivity index (χ3n) is 4.70. The molecule has 0 spiro atoms. The Morgan fingerprint density at radius 3 is 2.59 bits per heavy atom. The van der Waals surface area contributed by atoms with Crippen LogP contribution in [0.4, 0.5) is 0 Å². The first-order valence-electron chi connectivity index (χ1n) is 6.43. The smallest absolute Gasteiger partial charge is 0.0738 e. The Labute approximate surface area is 111 Å². The van der Waals surface area contributed by atoms with Crippen LogP contribution in [0.2, 0.25) is 0 Å². The highest BCUT2D eigenvalue weighted by molar-refractivity contribution is 9.10. The number of hydrogen-bond acceptors (Lipinski definition) is 2. The Bertz CT molecular complexity index is 442. The monoisotopic (exact) mass is 297 g/mol. The normalized spacial score (nSPS) is 35.1. The van der Waals surface area contributed by atoms with Crippen LogP contribution in [0.3, 0.4) is 0 Å². The minimum absolute atomic E-state index is 0.344. The Morgan fingerprint density at radius 2 is 2.12 bits per heavy atom. The van der Waals surface area contributed by atoms with Crippen LogP contribution in [0, 0.1) is 24.2 Å². The molecule has 0 aliphatic heterocycles. The lowest BCUT2D eigenvalue weighted by Gasteiger charge is -2.29. The van der Waals surface area contributed by atoms with Gasteiger partial charge in [0.15, 0.2) is 0 Å². The lowest BCUT2D eigenvalue weighted by molar-refractivity contribution is 0.266. The van der Waals surface area contributed by atoms with Gasteiger partial charge >= 0.3 is 0 Å². The fourth-order valence-corrected chi connectivity index (χ4v) is 4.09. The standard InChI is InChI=1S/C13H20BrN3/c1-8-12(14)11(17(2)16-8)6-13(7-15)4-9-3-10(9)5-13/h9-10H,3-7,15H2,1-2H3. The van der Waals surface area contributed by atoms with E-state index in [1.165, 1.54) is 29.4 Å². The molecule has 3 rings (SSSR count). The van der Waals surface area contributed by atoms with Crippen molar-refractivity contribution in [3.63, 3.8) is 0 Å². The predicted molar refractivity (Wildman–Crippen MR) is 71.7 cm³/mol. The third kappa shape index (κ3) is 1.85. The largest absolute Gasteiger partial charge is 0.330 e. The van der Waals surface area contributed by atoms with E-state index in [2.05, 4.69) is 28.0 Å². The molecule has 17 heavy (non-hydrogen) atoms. The van der Waals surface area contributed by atoms with E-state index < -0.39 is 0 Å². The molecule has 2 aliphatic rings. The van der Waals surface area contributed by atoms with E-state index >= 15 is 0 Å². The minimum atomic E-state index is 0.344. The van der Waals surface area contributed by atoms with Crippen molar-refractivity contribution >= 4 is 15.9 Å². The second-order valence-corrected chi connectivity index (χ2v) is 6.81. The summed E-state index contributed by atoms with van der Waals surface area (Å²) in [6.45, 7) is 2.87. The molecule has 0 amide bonds. The van der Waals surface area contributed by atoms with E-state index in [4.69, 9.17) is 5.73 Å². The highest BCUT2D eigenvalue weighted by atomic mass is 79.9. The van der Waals surface area contributed by atoms with Gasteiger partial charge in [0, 0.05) is 7.05 Å². The molecule has 2 fully saturated rings. The van der Waals surface area contributed by atoms with Crippen molar-refractivity contribution < 1.29 is 0 Å². The number of aryl methyl sites for hydroxylation is 2. The highest BCUT2D eigenvalue weighted by Gasteiger charge is 2.53. The van der Waals surface area contributed by atoms with E-state index in [0.29, 0.717) is 5.41 Å². The molecular formula is C13H20BrN3. The molecule has 2 saturated carbocycles. The fourth-order valence-electron chi connectivity index (χ4n) is 3.62. The number of rotatable bonds is 3. The topological polar surface area (TPSA) is 43.8 Å². The molecule has 2 aliphatic carbocycles. The van der Waals surface area contributed by atoms with Crippen LogP contribution in [0.15, 0.2) is 4.47 Å². The van der Waals surface area contributed by atoms with Gasteiger partial charge in [-0.05, 0) is 72.3 Å². The first-order chi connectivity index (χ1) is 8.04. The van der Waals surface area contributed by atoms with Gasteiger partial charge in [0.1, 0.15) is 0 Å². The zero-order valence-electron chi connectivity index (χ0n) is 10.5. The molecule has 2 unspecified atom stereocenters. The van der Waals surface area contributed by atoms with Crippen LogP contribution in [0.25, 0.3) is 0 Å². The van der Waals surface area contributed by atoms with E-state index in [-0.39, 0.29) is 0 Å². The summed E-state index contributed by atoms with van der Waals surface area (Å²) in [6.07, 6.45) is 5.18. The second-order valence-electron chi connectivity index (χ2n) is 6.01. The lowest BCUT2D eigenvalue weighted by atomic mass is 9.79. The number of hydrogen-bond donors (Lipinski definition) is 1. The summed E-state index contributed by atoms with van der Waals surface area (Å²) in [5.74, 6) is 1.96. The molecule has 3 nitrogen and oxygen atoms in total. The van der Waals surface area contributed by atoms with Crippen LogP contribution in [0.1, 0.15) is 30.7 Å². The van der Waals surface area contributed by atoms with E-state index in [9.17, 15) is 0 Å². The summed E-state index contributed by atoms with van der Waals surface area (Å²) in [4.78, 5) is 0. The van der Waals surface area contributed by atoms with Crippen molar-refractivity contribution in [3.05, 3.63) is 15.9 Å². The van der Waals surface area contributed by atoms with Crippen molar-refractivity contribution in [2.24, 2.45) is 30.0 Å². The maximum Gasteiger partial charge on any atom is 0.0738 e. The fraction of sp³-hybridized carbons (Fsp3) is 0.769. The number of nitrogens with zero attached hydrogens (tertiary/aromatic N) is 2. The van der Waals surface area contributed by atoms with E-state index in [1.54, 1.807) is 0 Å². The average molecular weight is 298 g/mol. The van der Waals surface area contributed by atoms with Gasteiger partial charge < -0.3 is 5.73 Å². The summed E-state index contributed by atoms with van der Waals surface area (Å²) in [5, 5.41) is 4.48. The number of nitrogens with two attached hydrogens (primary N) is 1. The summed E-state index contributed by atoms with van der Waals surface area (Å²) >= 11 is 3.66. The van der Waals surface area contributed by atoms with Crippen LogP contribution in [0.5, 0.6) is 0 Å². The van der Waals surface area contributed by atoms with Crippen LogP contribution in [-0.4, -0.2) is 16.3 Å². The van der Waals surface area contributed by atoms with Crippen molar-refractivity contribution in [3.8, 4) is 0 Å². The molecule has 4 heteroatoms. The molecule has 94 valence electrons. The van der Waals surface area contributed by atoms with Gasteiger partial charge in [0.05, 0.1) is 15.9 Å². The van der Waals surface area contributed by atoms with E-state index in [0.717, 1.165) is 30.5 Å². The van der Waals surface area contributed by atoms with Crippen molar-refractivity contribution in [1.82, 2.24) is 9.78 Å². The molecular weight excluding hydrogens is 278 g/mol. The highest BCUT2D eigenvalue weighted by Crippen LogP contribution is 2.60. The molecule has 2 atom stereocenters. The number of halogens is 1. The van der Waals surface area contributed by atoms with Crippen LogP contribution in [-0.2, 0) is 13.5 Å². The van der Waals surface area contributed by atoms with Crippen molar-refractivity contribution in [2.75, 3.05) is 6.54 Å². The molecule has 0 saturated heterocycles. The summed E-state index contributed by atoms with van der Waals surface area (Å²) in [7, 11) is 2.03. The predicted octanol–water partition coefficient (Wildman–Crippen LogP) is 2.41. The van der Waals surface area contributed by atoms with Gasteiger partial charge in [-0.3, -0.25) is 4.68 Å². The summed E-state index contributed by atoms with van der Waals surface area (Å²) in [6, 6.07) is 0. The number of aromatic nitrogens is 2. The second kappa shape index (κ2) is 3.82. The third-order valence-corrected chi connectivity index (χ3v) is 5.73. The van der Waals surface area contributed by atoms with Crippen LogP contribution >= 0.6 is 15.9 Å². The SMILES string of the molecule is Cc1nn(C)c(CC2(CN)CC3CC3C2)c1Br. The molecule has 1 aromatic heterocycles. The quantitative estimate of drug-likeness (QED) is 0.931. The maximum absolute atomic E-state index is 6.06. The van der Waals surface area contributed by atoms with E-state index in [1.807, 2.05) is 11.7 Å². The molecule has 2 N–H and O–H groups in total. The van der Waals surface area contributed by atoms with Gasteiger partial charge in [-0.25, -0.2) is 0 Å². The molecule has 0 radical (unpaired) electrons. The van der Waals surface area contributed by atoms with Gasteiger partial charge in [0.2, 0.25) is 0 Å². The molecule has 0 aromatic carbocycles. The van der Waals surface area contributed by atoms with Gasteiger partial charge in [-0.1, -0.05) is 0 Å². The maximum atomic E-state index is 6.06. The summed E-state index contributed by atoms with van der Waals surface area (Å²) in [5.41, 5.74) is 8.80. The van der Waals surface area contributed by atoms with Gasteiger partial charge in [-0.15, -0.1) is 0 Å². The van der Waals surface area contributed by atoms with Gasteiger partial charge in [-0.2, -0.15) is 5.10 Å². The minimum Gasteiger partial charge on any atom is -0.330 e. The zero-order chi connectivity index (χ0) is 12.2. The Morgan fingerprint density at radius 1 is 1.47 bits per heavy atom. The number of fused-ring (bicyclic) bond motifs is 1. The van der Waals surface area contributed by atoms with Crippen LogP contribution < -0.4 is 5.73 Å². The molecule has 1 aromatic rings. The zero-order valence-corrected chi connectivity index (χ0v) is 12.1. The molecule has 1 heterocycles. The summed E-state index contributed by atoms with van der Waals surface area (Å²) < 4.78 is 3.19. The Balaban J connectivity index is 1.85. The van der Waals surface area contributed by atoms with Crippen molar-refractivity contribution in [1.29, 1.82) is 0 Å². The lowest BCUT2D eigenvalue weighted by Crippen LogP contribution is -2.32. The first-order valence-corrected chi connectivity index (χ1v) is 7.22. The molecule has 0 bridgehead atoms.